The summed E-state index contributed by atoms with van der Waals surface area (Å²) in [6.45, 7) is 2.81. The fourth-order valence-electron chi connectivity index (χ4n) is 1.87. The molecule has 2 aliphatic rings. The van der Waals surface area contributed by atoms with E-state index in [1.807, 2.05) is 0 Å². The van der Waals surface area contributed by atoms with Crippen LogP contribution in [0.15, 0.2) is 0 Å². The normalized spacial score (nSPS) is 56.7. The lowest BCUT2D eigenvalue weighted by Crippen LogP contribution is -2.50. The van der Waals surface area contributed by atoms with Crippen LogP contribution in [-0.2, 0) is 0 Å². The van der Waals surface area contributed by atoms with Gasteiger partial charge in [-0.3, -0.25) is 4.90 Å². The average molecular weight is 128 g/mol. The molecule has 52 valence electrons. The van der Waals surface area contributed by atoms with E-state index in [9.17, 15) is 5.11 Å². The Morgan fingerprint density at radius 1 is 1.67 bits per heavy atom. The molecule has 2 saturated heterocycles. The molecule has 3 unspecified atom stereocenters. The monoisotopic (exact) mass is 128 g/mol. The number of hydrogen-bond donors (Lipinski definition) is 2. The third kappa shape index (κ3) is 0.689. The first-order chi connectivity index (χ1) is 4.18. The minimum atomic E-state index is -0.863. The van der Waals surface area contributed by atoms with E-state index in [4.69, 9.17) is 5.73 Å². The van der Waals surface area contributed by atoms with Gasteiger partial charge in [-0.2, -0.15) is 0 Å². The molecule has 3 atom stereocenters. The molecule has 2 bridgehead atoms. The molecule has 0 aromatic heterocycles. The van der Waals surface area contributed by atoms with Crippen molar-refractivity contribution in [3.8, 4) is 0 Å². The highest BCUT2D eigenvalue weighted by Gasteiger charge is 2.46. The smallest absolute Gasteiger partial charge is 0.130 e. The van der Waals surface area contributed by atoms with Crippen LogP contribution in [0.3, 0.4) is 0 Å². The second-order valence-corrected chi connectivity index (χ2v) is 3.21. The van der Waals surface area contributed by atoms with E-state index in [1.54, 1.807) is 0 Å². The van der Waals surface area contributed by atoms with Crippen LogP contribution in [0, 0.1) is 5.92 Å². The highest BCUT2D eigenvalue weighted by Crippen LogP contribution is 2.32. The van der Waals surface area contributed by atoms with Gasteiger partial charge in [-0.1, -0.05) is 0 Å². The number of hydrogen-bond acceptors (Lipinski definition) is 3. The Kier molecular flexibility index (Phi) is 0.928. The number of nitrogens with zero attached hydrogens (tertiary/aromatic N) is 1. The molecule has 0 aliphatic carbocycles. The number of fused-ring (bicyclic) bond motifs is 2. The Balaban J connectivity index is 2.18. The highest BCUT2D eigenvalue weighted by atomic mass is 16.3. The van der Waals surface area contributed by atoms with E-state index < -0.39 is 5.72 Å². The van der Waals surface area contributed by atoms with Crippen molar-refractivity contribution in [3.05, 3.63) is 0 Å². The lowest BCUT2D eigenvalue weighted by Gasteiger charge is -2.27. The number of nitrogens with two attached hydrogens (primary N) is 1. The van der Waals surface area contributed by atoms with E-state index in [2.05, 4.69) is 4.90 Å². The Morgan fingerprint density at radius 3 is 2.67 bits per heavy atom. The van der Waals surface area contributed by atoms with E-state index in [0.29, 0.717) is 12.5 Å². The zero-order valence-electron chi connectivity index (χ0n) is 5.38. The van der Waals surface area contributed by atoms with Crippen molar-refractivity contribution in [2.45, 2.75) is 12.1 Å². The van der Waals surface area contributed by atoms with Gasteiger partial charge in [0.15, 0.2) is 0 Å². The average Bonchev–Trinajstić information content (AvgIpc) is 2.19. The van der Waals surface area contributed by atoms with Crippen LogP contribution in [0.25, 0.3) is 0 Å². The summed E-state index contributed by atoms with van der Waals surface area (Å²) < 4.78 is 0. The molecule has 2 fully saturated rings. The van der Waals surface area contributed by atoms with Crippen molar-refractivity contribution in [1.29, 1.82) is 0 Å². The number of aliphatic hydroxyl groups is 1. The third-order valence-electron chi connectivity index (χ3n) is 2.46. The van der Waals surface area contributed by atoms with Crippen molar-refractivity contribution in [2.75, 3.05) is 19.6 Å². The fraction of sp³-hybridized carbons (Fsp3) is 1.00. The summed E-state index contributed by atoms with van der Waals surface area (Å²) in [6, 6.07) is 0. The van der Waals surface area contributed by atoms with Crippen LogP contribution < -0.4 is 5.73 Å². The van der Waals surface area contributed by atoms with Crippen molar-refractivity contribution >= 4 is 0 Å². The molecule has 0 aromatic rings. The largest absolute Gasteiger partial charge is 0.374 e. The van der Waals surface area contributed by atoms with Crippen LogP contribution >= 0.6 is 0 Å². The summed E-state index contributed by atoms with van der Waals surface area (Å²) in [5.41, 5.74) is 4.71. The molecular weight excluding hydrogens is 116 g/mol. The maximum atomic E-state index is 9.42. The van der Waals surface area contributed by atoms with Gasteiger partial charge in [0.1, 0.15) is 5.72 Å². The van der Waals surface area contributed by atoms with Crippen molar-refractivity contribution in [2.24, 2.45) is 11.7 Å². The molecular formula is C6H12N2O. The Morgan fingerprint density at radius 2 is 2.44 bits per heavy atom. The van der Waals surface area contributed by atoms with Crippen LogP contribution in [0.5, 0.6) is 0 Å². The van der Waals surface area contributed by atoms with Gasteiger partial charge >= 0.3 is 0 Å². The minimum absolute atomic E-state index is 0.345. The molecule has 0 radical (unpaired) electrons. The highest BCUT2D eigenvalue weighted by molar-refractivity contribution is 4.98. The van der Waals surface area contributed by atoms with Gasteiger partial charge in [-0.15, -0.1) is 0 Å². The summed E-state index contributed by atoms with van der Waals surface area (Å²) in [6.07, 6.45) is 1.08. The summed E-state index contributed by atoms with van der Waals surface area (Å²) in [7, 11) is 0. The molecule has 3 N–H and O–H groups in total. The van der Waals surface area contributed by atoms with E-state index >= 15 is 0 Å². The van der Waals surface area contributed by atoms with Gasteiger partial charge in [-0.05, 0) is 13.0 Å². The first-order valence-corrected chi connectivity index (χ1v) is 3.42. The van der Waals surface area contributed by atoms with Gasteiger partial charge in [0.05, 0.1) is 0 Å². The zero-order chi connectivity index (χ0) is 6.48. The predicted molar refractivity (Wildman–Crippen MR) is 33.7 cm³/mol. The Bertz CT molecular complexity index is 135. The van der Waals surface area contributed by atoms with Gasteiger partial charge in [0, 0.05) is 19.0 Å². The molecule has 2 aliphatic heterocycles. The van der Waals surface area contributed by atoms with Crippen LogP contribution in [0.2, 0.25) is 0 Å². The second kappa shape index (κ2) is 1.48. The maximum absolute atomic E-state index is 9.42. The van der Waals surface area contributed by atoms with Crippen LogP contribution in [0.4, 0.5) is 0 Å². The van der Waals surface area contributed by atoms with Crippen molar-refractivity contribution < 1.29 is 5.11 Å². The van der Waals surface area contributed by atoms with Crippen molar-refractivity contribution in [1.82, 2.24) is 4.90 Å². The fourth-order valence-corrected chi connectivity index (χ4v) is 1.87. The molecule has 2 rings (SSSR count). The van der Waals surface area contributed by atoms with Gasteiger partial charge in [0.25, 0.3) is 0 Å². The first kappa shape index (κ1) is 5.65. The van der Waals surface area contributed by atoms with Crippen LogP contribution in [0.1, 0.15) is 6.42 Å². The third-order valence-corrected chi connectivity index (χ3v) is 2.46. The molecule has 3 heteroatoms. The number of piperidine rings is 1. The maximum Gasteiger partial charge on any atom is 0.130 e. The molecule has 0 saturated carbocycles. The molecule has 0 amide bonds. The minimum Gasteiger partial charge on any atom is -0.374 e. The van der Waals surface area contributed by atoms with Crippen LogP contribution in [-0.4, -0.2) is 35.4 Å². The zero-order valence-corrected chi connectivity index (χ0v) is 5.38. The summed E-state index contributed by atoms with van der Waals surface area (Å²) >= 11 is 0. The number of rotatable bonds is 0. The van der Waals surface area contributed by atoms with E-state index in [0.717, 1.165) is 19.5 Å². The second-order valence-electron chi connectivity index (χ2n) is 3.21. The Hall–Kier alpha value is -0.120. The molecule has 9 heavy (non-hydrogen) atoms. The molecule has 3 nitrogen and oxygen atoms in total. The SMILES string of the molecule is NC1(O)CN2CCC1C2. The predicted octanol–water partition coefficient (Wildman–Crippen LogP) is -1.03. The lowest BCUT2D eigenvalue weighted by molar-refractivity contribution is 0.00104. The van der Waals surface area contributed by atoms with Gasteiger partial charge < -0.3 is 10.8 Å². The quantitative estimate of drug-likeness (QED) is 0.410. The first-order valence-electron chi connectivity index (χ1n) is 3.42. The summed E-state index contributed by atoms with van der Waals surface area (Å²) in [5, 5.41) is 9.42. The van der Waals surface area contributed by atoms with Crippen molar-refractivity contribution in [3.63, 3.8) is 0 Å². The van der Waals surface area contributed by atoms with Gasteiger partial charge in [0.2, 0.25) is 0 Å². The Labute approximate surface area is 54.4 Å². The molecule has 0 spiro atoms. The summed E-state index contributed by atoms with van der Waals surface area (Å²) in [5.74, 6) is 0.345. The topological polar surface area (TPSA) is 49.5 Å². The van der Waals surface area contributed by atoms with Gasteiger partial charge in [-0.25, -0.2) is 0 Å². The van der Waals surface area contributed by atoms with E-state index in [1.165, 1.54) is 0 Å². The van der Waals surface area contributed by atoms with E-state index in [-0.39, 0.29) is 0 Å². The summed E-state index contributed by atoms with van der Waals surface area (Å²) in [4.78, 5) is 2.21. The molecule has 0 aromatic carbocycles. The lowest BCUT2D eigenvalue weighted by atomic mass is 9.97. The molecule has 2 heterocycles. The standard InChI is InChI=1S/C6H12N2O/c7-6(9)4-8-2-1-5(6)3-8/h5,9H,1-4,7H2.